The lowest BCUT2D eigenvalue weighted by atomic mass is 10.0. The maximum Gasteiger partial charge on any atom is 0.124 e. The number of methoxy groups -OCH3 is 1. The molecule has 1 fully saturated rings. The third kappa shape index (κ3) is 6.81. The number of aliphatic hydroxyl groups is 1. The van der Waals surface area contributed by atoms with Crippen LogP contribution in [0.25, 0.3) is 0 Å². The van der Waals surface area contributed by atoms with Crippen LogP contribution in [0.4, 0.5) is 5.69 Å². The second-order valence-electron chi connectivity index (χ2n) is 7.54. The molecule has 1 N–H and O–H groups in total. The van der Waals surface area contributed by atoms with Crippen molar-refractivity contribution in [1.29, 1.82) is 0 Å². The first-order chi connectivity index (χ1) is 14.2. The molecule has 3 rings (SSSR count). The number of piperazine rings is 1. The van der Waals surface area contributed by atoms with Gasteiger partial charge in [-0.05, 0) is 49.8 Å². The highest BCUT2D eigenvalue weighted by Gasteiger charge is 2.20. The van der Waals surface area contributed by atoms with E-state index < -0.39 is 6.10 Å². The first-order valence-corrected chi connectivity index (χ1v) is 11.7. The van der Waals surface area contributed by atoms with Crippen LogP contribution in [0.5, 0.6) is 5.75 Å². The Morgan fingerprint density at radius 3 is 2.47 bits per heavy atom. The van der Waals surface area contributed by atoms with E-state index in [1.807, 2.05) is 36.0 Å². The summed E-state index contributed by atoms with van der Waals surface area (Å²) in [5.41, 5.74) is 2.28. The highest BCUT2D eigenvalue weighted by atomic mass is 35.5. The quantitative estimate of drug-likeness (QED) is 0.500. The molecule has 1 atom stereocenters. The van der Waals surface area contributed by atoms with Crippen molar-refractivity contribution in [3.63, 3.8) is 0 Å². The van der Waals surface area contributed by atoms with Gasteiger partial charge >= 0.3 is 0 Å². The Hall–Kier alpha value is -1.40. The van der Waals surface area contributed by atoms with Crippen molar-refractivity contribution in [2.24, 2.45) is 0 Å². The maximum atomic E-state index is 10.5. The fraction of sp³-hybridized carbons (Fsp3) is 0.500. The second-order valence-corrected chi connectivity index (χ2v) is 8.68. The van der Waals surface area contributed by atoms with Crippen LogP contribution < -0.4 is 9.64 Å². The van der Waals surface area contributed by atoms with Gasteiger partial charge in [-0.15, -0.1) is 24.2 Å². The predicted molar refractivity (Wildman–Crippen MR) is 131 cm³/mol. The van der Waals surface area contributed by atoms with Crippen LogP contribution in [0.1, 0.15) is 37.9 Å². The summed E-state index contributed by atoms with van der Waals surface area (Å²) in [5, 5.41) is 10.5. The van der Waals surface area contributed by atoms with Gasteiger partial charge in [0.25, 0.3) is 0 Å². The second kappa shape index (κ2) is 13.1. The Bertz CT molecular complexity index is 753. The molecule has 0 amide bonds. The number of nitrogens with zero attached hydrogens (tertiary/aromatic N) is 2. The molecular formula is C24H35ClN2O2S. The van der Waals surface area contributed by atoms with E-state index in [0.29, 0.717) is 0 Å². The molecule has 1 aliphatic rings. The van der Waals surface area contributed by atoms with E-state index in [0.717, 1.165) is 56.9 Å². The molecular weight excluding hydrogens is 416 g/mol. The van der Waals surface area contributed by atoms with Crippen molar-refractivity contribution in [3.8, 4) is 5.75 Å². The molecule has 2 aromatic carbocycles. The Morgan fingerprint density at radius 2 is 1.73 bits per heavy atom. The zero-order valence-electron chi connectivity index (χ0n) is 18.1. The number of benzene rings is 2. The Balaban J connectivity index is 0.00000320. The monoisotopic (exact) mass is 450 g/mol. The number of ether oxygens (including phenoxy) is 1. The van der Waals surface area contributed by atoms with E-state index in [9.17, 15) is 5.11 Å². The van der Waals surface area contributed by atoms with Gasteiger partial charge in [-0.1, -0.05) is 37.3 Å². The van der Waals surface area contributed by atoms with Crippen LogP contribution in [0.15, 0.2) is 53.4 Å². The SMILES string of the molecule is CCCSc1ccccc1N1CCN(CCCC(O)c2ccccc2OC)CC1.Cl. The van der Waals surface area contributed by atoms with Crippen molar-refractivity contribution < 1.29 is 9.84 Å². The van der Waals surface area contributed by atoms with Gasteiger partial charge in [-0.2, -0.15) is 0 Å². The molecule has 0 aromatic heterocycles. The number of anilines is 1. The normalized spacial score (nSPS) is 15.5. The zero-order valence-corrected chi connectivity index (χ0v) is 19.8. The van der Waals surface area contributed by atoms with Gasteiger partial charge in [-0.25, -0.2) is 0 Å². The lowest BCUT2D eigenvalue weighted by Gasteiger charge is -2.37. The molecule has 0 saturated carbocycles. The standard InChI is InChI=1S/C24H34N2O2S.ClH/c1-3-19-29-24-13-7-5-10-21(24)26-17-15-25(16-18-26)14-8-11-22(27)20-9-4-6-12-23(20)28-2;/h4-7,9-10,12-13,22,27H,3,8,11,14-19H2,1-2H3;1H. The summed E-state index contributed by atoms with van der Waals surface area (Å²) in [4.78, 5) is 6.45. The van der Waals surface area contributed by atoms with Crippen LogP contribution in [0.3, 0.4) is 0 Å². The molecule has 1 heterocycles. The first kappa shape index (κ1) is 24.9. The molecule has 166 valence electrons. The van der Waals surface area contributed by atoms with Crippen molar-refractivity contribution >= 4 is 29.9 Å². The summed E-state index contributed by atoms with van der Waals surface area (Å²) in [6.07, 6.45) is 2.49. The minimum absolute atomic E-state index is 0. The van der Waals surface area contributed by atoms with E-state index in [4.69, 9.17) is 4.74 Å². The van der Waals surface area contributed by atoms with E-state index in [1.165, 1.54) is 22.8 Å². The van der Waals surface area contributed by atoms with Crippen LogP contribution >= 0.6 is 24.2 Å². The topological polar surface area (TPSA) is 35.9 Å². The number of aliphatic hydroxyl groups excluding tert-OH is 1. The highest BCUT2D eigenvalue weighted by molar-refractivity contribution is 7.99. The lowest BCUT2D eigenvalue weighted by Crippen LogP contribution is -2.46. The van der Waals surface area contributed by atoms with Crippen molar-refractivity contribution in [1.82, 2.24) is 4.90 Å². The molecule has 1 aliphatic heterocycles. The van der Waals surface area contributed by atoms with Crippen molar-refractivity contribution in [3.05, 3.63) is 54.1 Å². The third-order valence-corrected chi connectivity index (χ3v) is 6.76. The Kier molecular flexibility index (Phi) is 10.9. The molecule has 1 saturated heterocycles. The predicted octanol–water partition coefficient (Wildman–Crippen LogP) is 5.25. The van der Waals surface area contributed by atoms with Gasteiger partial charge < -0.3 is 14.7 Å². The molecule has 30 heavy (non-hydrogen) atoms. The molecule has 4 nitrogen and oxygen atoms in total. The number of hydrogen-bond donors (Lipinski definition) is 1. The molecule has 0 spiro atoms. The largest absolute Gasteiger partial charge is 0.496 e. The maximum absolute atomic E-state index is 10.5. The van der Waals surface area contributed by atoms with Crippen LogP contribution in [-0.4, -0.2) is 55.6 Å². The van der Waals surface area contributed by atoms with E-state index in [1.54, 1.807) is 7.11 Å². The van der Waals surface area contributed by atoms with Crippen LogP contribution in [-0.2, 0) is 0 Å². The number of para-hydroxylation sites is 2. The molecule has 1 unspecified atom stereocenters. The molecule has 0 aliphatic carbocycles. The van der Waals surface area contributed by atoms with E-state index >= 15 is 0 Å². The Morgan fingerprint density at radius 1 is 1.03 bits per heavy atom. The Labute approximate surface area is 192 Å². The summed E-state index contributed by atoms with van der Waals surface area (Å²) >= 11 is 1.97. The van der Waals surface area contributed by atoms with E-state index in [-0.39, 0.29) is 12.4 Å². The number of rotatable bonds is 10. The lowest BCUT2D eigenvalue weighted by molar-refractivity contribution is 0.150. The summed E-state index contributed by atoms with van der Waals surface area (Å²) < 4.78 is 5.37. The van der Waals surface area contributed by atoms with Crippen molar-refractivity contribution in [2.45, 2.75) is 37.2 Å². The van der Waals surface area contributed by atoms with Gasteiger partial charge in [0.1, 0.15) is 5.75 Å². The highest BCUT2D eigenvalue weighted by Crippen LogP contribution is 2.31. The molecule has 6 heteroatoms. The zero-order chi connectivity index (χ0) is 20.5. The average Bonchev–Trinajstić information content (AvgIpc) is 2.78. The molecule has 2 aromatic rings. The van der Waals surface area contributed by atoms with Crippen molar-refractivity contribution in [2.75, 3.05) is 50.5 Å². The number of hydrogen-bond acceptors (Lipinski definition) is 5. The number of halogens is 1. The van der Waals surface area contributed by atoms with Crippen LogP contribution in [0.2, 0.25) is 0 Å². The smallest absolute Gasteiger partial charge is 0.124 e. The van der Waals surface area contributed by atoms with Gasteiger partial charge in [0.2, 0.25) is 0 Å². The average molecular weight is 451 g/mol. The minimum atomic E-state index is -0.463. The molecule has 0 bridgehead atoms. The fourth-order valence-corrected chi connectivity index (χ4v) is 4.81. The van der Waals surface area contributed by atoms with E-state index in [2.05, 4.69) is 41.0 Å². The van der Waals surface area contributed by atoms with Crippen LogP contribution in [0, 0.1) is 0 Å². The summed E-state index contributed by atoms with van der Waals surface area (Å²) in [6.45, 7) is 7.57. The summed E-state index contributed by atoms with van der Waals surface area (Å²) in [5.74, 6) is 1.94. The van der Waals surface area contributed by atoms with Gasteiger partial charge in [-0.3, -0.25) is 4.90 Å². The van der Waals surface area contributed by atoms with Gasteiger partial charge in [0.15, 0.2) is 0 Å². The van der Waals surface area contributed by atoms with Gasteiger partial charge in [0, 0.05) is 36.6 Å². The number of thioether (sulfide) groups is 1. The first-order valence-electron chi connectivity index (χ1n) is 10.7. The summed E-state index contributed by atoms with van der Waals surface area (Å²) in [7, 11) is 1.66. The molecule has 0 radical (unpaired) electrons. The third-order valence-electron chi connectivity index (χ3n) is 5.49. The minimum Gasteiger partial charge on any atom is -0.496 e. The fourth-order valence-electron chi connectivity index (χ4n) is 3.87. The van der Waals surface area contributed by atoms with Gasteiger partial charge in [0.05, 0.1) is 18.9 Å². The summed E-state index contributed by atoms with van der Waals surface area (Å²) in [6, 6.07) is 16.6.